The molecule has 0 aliphatic carbocycles. The first-order valence-corrected chi connectivity index (χ1v) is 7.24. The summed E-state index contributed by atoms with van der Waals surface area (Å²) in [5.74, 6) is 0.621. The summed E-state index contributed by atoms with van der Waals surface area (Å²) in [4.78, 5) is 2.11. The van der Waals surface area contributed by atoms with Gasteiger partial charge in [-0.3, -0.25) is 0 Å². The van der Waals surface area contributed by atoms with Crippen LogP contribution < -0.4 is 5.32 Å². The molecule has 118 valence electrons. The van der Waals surface area contributed by atoms with Gasteiger partial charge >= 0.3 is 6.01 Å². The number of nitrogens with zero attached hydrogens (tertiary/aromatic N) is 3. The van der Waals surface area contributed by atoms with E-state index in [1.54, 1.807) is 24.3 Å². The number of aromatic hydroxyl groups is 1. The van der Waals surface area contributed by atoms with Crippen LogP contribution in [0.3, 0.4) is 0 Å². The molecule has 6 nitrogen and oxygen atoms in total. The molecule has 2 aromatic carbocycles. The van der Waals surface area contributed by atoms with Gasteiger partial charge < -0.3 is 19.7 Å². The van der Waals surface area contributed by atoms with Crippen LogP contribution in [0.1, 0.15) is 5.56 Å². The van der Waals surface area contributed by atoms with Crippen molar-refractivity contribution >= 4 is 11.7 Å². The number of rotatable bonds is 5. The Morgan fingerprint density at radius 2 is 1.87 bits per heavy atom. The number of hydrogen-bond donors (Lipinski definition) is 2. The van der Waals surface area contributed by atoms with Gasteiger partial charge in [-0.25, -0.2) is 0 Å². The van der Waals surface area contributed by atoms with Crippen LogP contribution in [-0.2, 0) is 6.54 Å². The maximum atomic E-state index is 9.45. The van der Waals surface area contributed by atoms with Crippen molar-refractivity contribution in [1.29, 1.82) is 0 Å². The number of anilines is 2. The second-order valence-corrected chi connectivity index (χ2v) is 5.52. The average molecular weight is 310 g/mol. The monoisotopic (exact) mass is 310 g/mol. The minimum atomic E-state index is 0.172. The van der Waals surface area contributed by atoms with E-state index in [4.69, 9.17) is 4.42 Å². The number of aromatic nitrogens is 2. The lowest BCUT2D eigenvalue weighted by Crippen LogP contribution is -2.10. The molecule has 0 radical (unpaired) electrons. The molecule has 0 bridgehead atoms. The minimum absolute atomic E-state index is 0.172. The van der Waals surface area contributed by atoms with Gasteiger partial charge in [0, 0.05) is 23.9 Å². The van der Waals surface area contributed by atoms with Crippen LogP contribution in [0.25, 0.3) is 11.5 Å². The molecule has 1 aromatic heterocycles. The number of hydrogen-bond acceptors (Lipinski definition) is 6. The van der Waals surface area contributed by atoms with Gasteiger partial charge in [0.1, 0.15) is 5.75 Å². The van der Waals surface area contributed by atoms with Crippen molar-refractivity contribution in [1.82, 2.24) is 15.1 Å². The molecule has 3 rings (SSSR count). The second-order valence-electron chi connectivity index (χ2n) is 5.52. The summed E-state index contributed by atoms with van der Waals surface area (Å²) in [5, 5.41) is 20.4. The Balaban J connectivity index is 1.73. The molecule has 0 unspecified atom stereocenters. The lowest BCUT2D eigenvalue weighted by molar-refractivity contribution is 0.402. The average Bonchev–Trinajstić information content (AvgIpc) is 2.96. The molecule has 0 aliphatic heterocycles. The van der Waals surface area contributed by atoms with E-state index in [0.29, 0.717) is 11.6 Å². The van der Waals surface area contributed by atoms with Crippen molar-refractivity contribution in [3.63, 3.8) is 0 Å². The van der Waals surface area contributed by atoms with Gasteiger partial charge in [0.15, 0.2) is 0 Å². The fourth-order valence-corrected chi connectivity index (χ4v) is 2.22. The summed E-state index contributed by atoms with van der Waals surface area (Å²) in [5.41, 5.74) is 2.77. The topological polar surface area (TPSA) is 74.4 Å². The van der Waals surface area contributed by atoms with E-state index in [0.717, 1.165) is 12.1 Å². The maximum absolute atomic E-state index is 9.45. The molecular formula is C17H18N4O2. The summed E-state index contributed by atoms with van der Waals surface area (Å²) in [6.45, 7) is 0.883. The molecule has 6 heteroatoms. The molecule has 0 fully saturated rings. The summed E-state index contributed by atoms with van der Waals surface area (Å²) in [6.07, 6.45) is 0. The molecule has 0 saturated heterocycles. The van der Waals surface area contributed by atoms with E-state index in [-0.39, 0.29) is 11.8 Å². The van der Waals surface area contributed by atoms with Crippen LogP contribution in [0.5, 0.6) is 5.75 Å². The van der Waals surface area contributed by atoms with E-state index in [9.17, 15) is 5.11 Å². The Labute approximate surface area is 134 Å². The quantitative estimate of drug-likeness (QED) is 0.753. The molecule has 1 heterocycles. The molecule has 0 spiro atoms. The van der Waals surface area contributed by atoms with E-state index >= 15 is 0 Å². The zero-order chi connectivity index (χ0) is 16.2. The first-order valence-electron chi connectivity index (χ1n) is 7.24. The van der Waals surface area contributed by atoms with Crippen LogP contribution in [-0.4, -0.2) is 34.3 Å². The van der Waals surface area contributed by atoms with E-state index in [1.165, 1.54) is 5.56 Å². The highest BCUT2D eigenvalue weighted by Gasteiger charge is 2.09. The Morgan fingerprint density at radius 3 is 2.57 bits per heavy atom. The fraction of sp³-hybridized carbons (Fsp3) is 0.176. The predicted molar refractivity (Wildman–Crippen MR) is 88.5 cm³/mol. The van der Waals surface area contributed by atoms with Crippen LogP contribution in [0.2, 0.25) is 0 Å². The van der Waals surface area contributed by atoms with Gasteiger partial charge in [-0.2, -0.15) is 0 Å². The maximum Gasteiger partial charge on any atom is 0.320 e. The third-order valence-corrected chi connectivity index (χ3v) is 3.22. The summed E-state index contributed by atoms with van der Waals surface area (Å²) in [7, 11) is 4.07. The minimum Gasteiger partial charge on any atom is -0.508 e. The van der Waals surface area contributed by atoms with Gasteiger partial charge in [-0.1, -0.05) is 23.3 Å². The lowest BCUT2D eigenvalue weighted by Gasteiger charge is -2.09. The van der Waals surface area contributed by atoms with E-state index in [1.807, 2.05) is 38.4 Å². The van der Waals surface area contributed by atoms with Gasteiger partial charge in [0.05, 0.1) is 0 Å². The molecule has 23 heavy (non-hydrogen) atoms. The zero-order valence-electron chi connectivity index (χ0n) is 13.0. The normalized spacial score (nSPS) is 10.9. The number of phenols is 1. The Bertz CT molecular complexity index is 781. The summed E-state index contributed by atoms with van der Waals surface area (Å²) < 4.78 is 5.61. The zero-order valence-corrected chi connectivity index (χ0v) is 13.0. The Hall–Kier alpha value is -2.86. The van der Waals surface area contributed by atoms with E-state index in [2.05, 4.69) is 20.4 Å². The molecule has 0 amide bonds. The summed E-state index contributed by atoms with van der Waals surface area (Å²) >= 11 is 0. The number of benzene rings is 2. The third kappa shape index (κ3) is 3.87. The molecule has 2 N–H and O–H groups in total. The van der Waals surface area contributed by atoms with Gasteiger partial charge in [0.25, 0.3) is 0 Å². The predicted octanol–water partition coefficient (Wildman–Crippen LogP) is 3.25. The first-order chi connectivity index (χ1) is 11.1. The van der Waals surface area contributed by atoms with Crippen LogP contribution >= 0.6 is 0 Å². The third-order valence-electron chi connectivity index (χ3n) is 3.22. The molecule has 0 atom stereocenters. The lowest BCUT2D eigenvalue weighted by atomic mass is 10.1. The van der Waals surface area contributed by atoms with Crippen molar-refractivity contribution in [2.75, 3.05) is 19.4 Å². The number of phenolic OH excluding ortho intramolecular Hbond substituents is 1. The van der Waals surface area contributed by atoms with Crippen molar-refractivity contribution in [3.8, 4) is 17.2 Å². The van der Waals surface area contributed by atoms with Crippen molar-refractivity contribution in [2.24, 2.45) is 0 Å². The highest BCUT2D eigenvalue weighted by Crippen LogP contribution is 2.24. The van der Waals surface area contributed by atoms with Crippen molar-refractivity contribution in [3.05, 3.63) is 54.1 Å². The SMILES string of the molecule is CN(C)Cc1ccc(-c2nnc(Nc3cccc(O)c3)o2)cc1. The van der Waals surface area contributed by atoms with Crippen molar-refractivity contribution in [2.45, 2.75) is 6.54 Å². The summed E-state index contributed by atoms with van der Waals surface area (Å²) in [6, 6.07) is 15.0. The highest BCUT2D eigenvalue weighted by atomic mass is 16.4. The standard InChI is InChI=1S/C17H18N4O2/c1-21(2)11-12-6-8-13(9-7-12)16-19-20-17(23-16)18-14-4-3-5-15(22)10-14/h3-10,22H,11H2,1-2H3,(H,18,20). The van der Waals surface area contributed by atoms with Crippen LogP contribution in [0.4, 0.5) is 11.7 Å². The smallest absolute Gasteiger partial charge is 0.320 e. The molecule has 0 aliphatic rings. The first kappa shape index (κ1) is 15.1. The molecule has 3 aromatic rings. The van der Waals surface area contributed by atoms with Crippen LogP contribution in [0, 0.1) is 0 Å². The number of nitrogens with one attached hydrogen (secondary N) is 1. The highest BCUT2D eigenvalue weighted by molar-refractivity contribution is 5.57. The van der Waals surface area contributed by atoms with Gasteiger partial charge in [-0.05, 0) is 43.9 Å². The second kappa shape index (κ2) is 6.50. The van der Waals surface area contributed by atoms with Crippen molar-refractivity contribution < 1.29 is 9.52 Å². The Kier molecular flexibility index (Phi) is 4.25. The van der Waals surface area contributed by atoms with Gasteiger partial charge in [0.2, 0.25) is 5.89 Å². The largest absolute Gasteiger partial charge is 0.508 e. The fourth-order valence-electron chi connectivity index (χ4n) is 2.22. The molecular weight excluding hydrogens is 292 g/mol. The molecule has 0 saturated carbocycles. The Morgan fingerprint density at radius 1 is 1.09 bits per heavy atom. The van der Waals surface area contributed by atoms with Crippen LogP contribution in [0.15, 0.2) is 52.9 Å². The van der Waals surface area contributed by atoms with E-state index < -0.39 is 0 Å². The van der Waals surface area contributed by atoms with Gasteiger partial charge in [-0.15, -0.1) is 5.10 Å².